The summed E-state index contributed by atoms with van der Waals surface area (Å²) in [5.74, 6) is -0.709. The number of carbonyl (C=O) groups is 2. The van der Waals surface area contributed by atoms with Crippen molar-refractivity contribution in [1.29, 1.82) is 0 Å². The number of rotatable bonds is 8. The Kier molecular flexibility index (Phi) is 8.97. The Morgan fingerprint density at radius 1 is 0.953 bits per heavy atom. The first-order valence-electron chi connectivity index (χ1n) is 13.7. The van der Waals surface area contributed by atoms with Crippen molar-refractivity contribution in [1.82, 2.24) is 9.88 Å². The summed E-state index contributed by atoms with van der Waals surface area (Å²) >= 11 is 1.15. The van der Waals surface area contributed by atoms with Crippen molar-refractivity contribution < 1.29 is 27.5 Å². The lowest BCUT2D eigenvalue weighted by molar-refractivity contribution is -0.137. The smallest absolute Gasteiger partial charge is 0.416 e. The van der Waals surface area contributed by atoms with E-state index in [4.69, 9.17) is 4.74 Å². The molecule has 3 aromatic carbocycles. The van der Waals surface area contributed by atoms with E-state index < -0.39 is 23.6 Å². The molecule has 1 aliphatic heterocycles. The van der Waals surface area contributed by atoms with E-state index in [9.17, 15) is 22.8 Å². The molecule has 4 aromatic rings. The van der Waals surface area contributed by atoms with E-state index in [1.54, 1.807) is 31.2 Å². The van der Waals surface area contributed by atoms with Crippen LogP contribution in [0.1, 0.15) is 32.5 Å². The van der Waals surface area contributed by atoms with Gasteiger partial charge in [0.2, 0.25) is 0 Å². The molecule has 1 saturated heterocycles. The minimum atomic E-state index is -4.48. The first-order chi connectivity index (χ1) is 20.6. The predicted octanol–water partition coefficient (Wildman–Crippen LogP) is 6.75. The van der Waals surface area contributed by atoms with Gasteiger partial charge >= 0.3 is 12.1 Å². The van der Waals surface area contributed by atoms with Crippen molar-refractivity contribution in [2.45, 2.75) is 13.1 Å². The second-order valence-corrected chi connectivity index (χ2v) is 11.0. The van der Waals surface area contributed by atoms with Gasteiger partial charge in [-0.05, 0) is 74.6 Å². The fourth-order valence-corrected chi connectivity index (χ4v) is 5.47. The number of amides is 1. The van der Waals surface area contributed by atoms with Crippen molar-refractivity contribution in [3.8, 4) is 10.6 Å². The van der Waals surface area contributed by atoms with Gasteiger partial charge in [0.15, 0.2) is 10.7 Å². The molecule has 1 aromatic heterocycles. The molecule has 0 saturated carbocycles. The van der Waals surface area contributed by atoms with Crippen molar-refractivity contribution in [3.05, 3.63) is 88.8 Å². The molecule has 8 nitrogen and oxygen atoms in total. The van der Waals surface area contributed by atoms with Crippen LogP contribution in [0.4, 0.5) is 36.1 Å². The second-order valence-electron chi connectivity index (χ2n) is 9.99. The molecule has 0 radical (unpaired) electrons. The molecule has 0 bridgehead atoms. The van der Waals surface area contributed by atoms with E-state index in [2.05, 4.69) is 32.5 Å². The minimum Gasteiger partial charge on any atom is -0.462 e. The summed E-state index contributed by atoms with van der Waals surface area (Å²) in [5, 5.41) is 6.47. The maximum Gasteiger partial charge on any atom is 0.416 e. The number of hydrogen-bond donors (Lipinski definition) is 2. The SMILES string of the molecule is CCOC(=O)c1sc(-c2cccc(NC(=O)c3ccc(C(F)(F)F)cc3)c2)nc1Nc1ccc(N2CCN(C)CC2)cc1. The summed E-state index contributed by atoms with van der Waals surface area (Å²) in [6.45, 7) is 5.85. The molecule has 1 aliphatic rings. The van der Waals surface area contributed by atoms with Gasteiger partial charge in [0.25, 0.3) is 5.91 Å². The van der Waals surface area contributed by atoms with E-state index in [0.29, 0.717) is 27.0 Å². The zero-order valence-corrected chi connectivity index (χ0v) is 24.4. The average molecular weight is 610 g/mol. The van der Waals surface area contributed by atoms with Crippen molar-refractivity contribution in [2.24, 2.45) is 0 Å². The third-order valence-electron chi connectivity index (χ3n) is 6.93. The lowest BCUT2D eigenvalue weighted by Gasteiger charge is -2.34. The van der Waals surface area contributed by atoms with Gasteiger partial charge in [-0.1, -0.05) is 12.1 Å². The van der Waals surface area contributed by atoms with Gasteiger partial charge < -0.3 is 25.2 Å². The molecule has 0 aliphatic carbocycles. The summed E-state index contributed by atoms with van der Waals surface area (Å²) in [6.07, 6.45) is -4.48. The molecule has 0 atom stereocenters. The fraction of sp³-hybridized carbons (Fsp3) is 0.258. The van der Waals surface area contributed by atoms with E-state index in [1.807, 2.05) is 24.3 Å². The van der Waals surface area contributed by atoms with Crippen LogP contribution in [0.5, 0.6) is 0 Å². The summed E-state index contributed by atoms with van der Waals surface area (Å²) in [5.41, 5.74) is 2.20. The predicted molar refractivity (Wildman–Crippen MR) is 162 cm³/mol. The van der Waals surface area contributed by atoms with Gasteiger partial charge in [-0.25, -0.2) is 9.78 Å². The number of carbonyl (C=O) groups excluding carboxylic acids is 2. The molecule has 0 unspecified atom stereocenters. The van der Waals surface area contributed by atoms with Crippen LogP contribution in [0, 0.1) is 0 Å². The van der Waals surface area contributed by atoms with E-state index in [-0.39, 0.29) is 12.2 Å². The second kappa shape index (κ2) is 12.8. The molecule has 5 rings (SSSR count). The number of thiazole rings is 1. The van der Waals surface area contributed by atoms with Crippen molar-refractivity contribution >= 4 is 46.1 Å². The van der Waals surface area contributed by atoms with Gasteiger partial charge in [0.1, 0.15) is 5.01 Å². The molecule has 43 heavy (non-hydrogen) atoms. The van der Waals surface area contributed by atoms with Gasteiger partial charge in [-0.15, -0.1) is 11.3 Å². The Balaban J connectivity index is 1.34. The molecular formula is C31H30F3N5O3S. The lowest BCUT2D eigenvalue weighted by Crippen LogP contribution is -2.44. The molecule has 12 heteroatoms. The van der Waals surface area contributed by atoms with Crippen LogP contribution in [0.15, 0.2) is 72.8 Å². The zero-order valence-electron chi connectivity index (χ0n) is 23.6. The minimum absolute atomic E-state index is 0.0855. The number of esters is 1. The number of halogens is 3. The molecule has 0 spiro atoms. The Morgan fingerprint density at radius 2 is 1.65 bits per heavy atom. The number of piperazine rings is 1. The first-order valence-corrected chi connectivity index (χ1v) is 14.5. The molecule has 2 heterocycles. The summed E-state index contributed by atoms with van der Waals surface area (Å²) in [4.78, 5) is 35.1. The standard InChI is InChI=1S/C31H30F3N5O3S/c1-3-42-30(41)26-27(35-23-11-13-25(14-12-23)39-17-15-38(2)16-18-39)37-29(43-26)21-5-4-6-24(19-21)36-28(40)20-7-9-22(10-8-20)31(32,33)34/h4-14,19,35H,3,15-18H2,1-2H3,(H,36,40). The van der Waals surface area contributed by atoms with Crippen molar-refractivity contribution in [3.63, 3.8) is 0 Å². The Hall–Kier alpha value is -4.42. The highest BCUT2D eigenvalue weighted by Gasteiger charge is 2.30. The number of aromatic nitrogens is 1. The van der Waals surface area contributed by atoms with Crippen LogP contribution in [-0.4, -0.2) is 61.6 Å². The van der Waals surface area contributed by atoms with Crippen LogP contribution >= 0.6 is 11.3 Å². The Labute approximate surface area is 251 Å². The van der Waals surface area contributed by atoms with Crippen LogP contribution < -0.4 is 15.5 Å². The van der Waals surface area contributed by atoms with Gasteiger partial charge in [0.05, 0.1) is 12.2 Å². The van der Waals surface area contributed by atoms with Crippen LogP contribution in [0.25, 0.3) is 10.6 Å². The number of likely N-dealkylation sites (N-methyl/N-ethyl adjacent to an activating group) is 1. The molecule has 2 N–H and O–H groups in total. The fourth-order valence-electron chi connectivity index (χ4n) is 4.56. The largest absolute Gasteiger partial charge is 0.462 e. The lowest BCUT2D eigenvalue weighted by atomic mass is 10.1. The van der Waals surface area contributed by atoms with E-state index >= 15 is 0 Å². The van der Waals surface area contributed by atoms with Crippen LogP contribution in [0.3, 0.4) is 0 Å². The third kappa shape index (κ3) is 7.33. The highest BCUT2D eigenvalue weighted by molar-refractivity contribution is 7.17. The third-order valence-corrected chi connectivity index (χ3v) is 8.01. The van der Waals surface area contributed by atoms with Gasteiger partial charge in [-0.3, -0.25) is 4.79 Å². The summed E-state index contributed by atoms with van der Waals surface area (Å²) in [6, 6.07) is 18.8. The average Bonchev–Trinajstić information content (AvgIpc) is 3.42. The van der Waals surface area contributed by atoms with Crippen LogP contribution in [0.2, 0.25) is 0 Å². The van der Waals surface area contributed by atoms with Crippen LogP contribution in [-0.2, 0) is 10.9 Å². The number of nitrogens with one attached hydrogen (secondary N) is 2. The van der Waals surface area contributed by atoms with E-state index in [1.165, 1.54) is 0 Å². The molecular weight excluding hydrogens is 579 g/mol. The number of benzene rings is 3. The quantitative estimate of drug-likeness (QED) is 0.214. The van der Waals surface area contributed by atoms with E-state index in [0.717, 1.165) is 73.2 Å². The first kappa shape index (κ1) is 30.1. The maximum absolute atomic E-state index is 12.9. The molecule has 1 fully saturated rings. The zero-order chi connectivity index (χ0) is 30.6. The van der Waals surface area contributed by atoms with Crippen molar-refractivity contribution in [2.75, 3.05) is 55.4 Å². The highest BCUT2D eigenvalue weighted by atomic mass is 32.1. The number of alkyl halides is 3. The topological polar surface area (TPSA) is 86.8 Å². The number of hydrogen-bond acceptors (Lipinski definition) is 8. The molecule has 224 valence electrons. The molecule has 1 amide bonds. The highest BCUT2D eigenvalue weighted by Crippen LogP contribution is 2.35. The number of ether oxygens (including phenoxy) is 1. The van der Waals surface area contributed by atoms with Gasteiger partial charge in [0, 0.05) is 54.4 Å². The summed E-state index contributed by atoms with van der Waals surface area (Å²) < 4.78 is 43.9. The Morgan fingerprint density at radius 3 is 2.30 bits per heavy atom. The van der Waals surface area contributed by atoms with Gasteiger partial charge in [-0.2, -0.15) is 13.2 Å². The number of anilines is 4. The normalized spacial score (nSPS) is 13.9. The maximum atomic E-state index is 12.9. The number of nitrogens with zero attached hydrogens (tertiary/aromatic N) is 3. The summed E-state index contributed by atoms with van der Waals surface area (Å²) in [7, 11) is 2.11. The monoisotopic (exact) mass is 609 g/mol. The Bertz CT molecular complexity index is 1580.